The van der Waals surface area contributed by atoms with Gasteiger partial charge in [0.15, 0.2) is 5.96 Å². The van der Waals surface area contributed by atoms with Crippen LogP contribution in [0, 0.1) is 25.6 Å². The average molecular weight is 388 g/mol. The molecule has 0 unspecified atom stereocenters. The van der Waals surface area contributed by atoms with Gasteiger partial charge in [0.05, 0.1) is 12.2 Å². The van der Waals surface area contributed by atoms with Crippen LogP contribution in [0.15, 0.2) is 33.7 Å². The van der Waals surface area contributed by atoms with E-state index in [1.807, 2.05) is 19.9 Å². The van der Waals surface area contributed by atoms with E-state index in [1.165, 1.54) is 12.1 Å². The van der Waals surface area contributed by atoms with Crippen LogP contribution in [0.25, 0.3) is 0 Å². The number of benzene rings is 1. The molecule has 1 aliphatic rings. The Hall–Kier alpha value is -2.41. The van der Waals surface area contributed by atoms with Gasteiger partial charge in [0, 0.05) is 20.1 Å². The molecule has 2 aromatic rings. The molecule has 0 saturated carbocycles. The molecule has 1 saturated heterocycles. The SMILES string of the molecule is CN=C(NCc1cccc(F)c1)NCC1CCN(Cc2nc(C)c(C)o2)CC1. The van der Waals surface area contributed by atoms with Gasteiger partial charge in [-0.1, -0.05) is 12.1 Å². The van der Waals surface area contributed by atoms with Gasteiger partial charge >= 0.3 is 0 Å². The lowest BCUT2D eigenvalue weighted by molar-refractivity contribution is 0.164. The molecule has 2 heterocycles. The van der Waals surface area contributed by atoms with Crippen LogP contribution < -0.4 is 10.6 Å². The predicted octanol–water partition coefficient (Wildman–Crippen LogP) is 3.01. The van der Waals surface area contributed by atoms with Gasteiger partial charge in [-0.2, -0.15) is 0 Å². The Morgan fingerprint density at radius 2 is 2.07 bits per heavy atom. The van der Waals surface area contributed by atoms with E-state index < -0.39 is 0 Å². The summed E-state index contributed by atoms with van der Waals surface area (Å²) in [6.45, 7) is 8.24. The fraction of sp³-hybridized carbons (Fsp3) is 0.524. The first-order valence-electron chi connectivity index (χ1n) is 9.87. The van der Waals surface area contributed by atoms with Crippen LogP contribution in [0.4, 0.5) is 4.39 Å². The third kappa shape index (κ3) is 5.79. The maximum absolute atomic E-state index is 13.3. The number of aliphatic imine (C=N–C) groups is 1. The smallest absolute Gasteiger partial charge is 0.208 e. The number of nitrogens with one attached hydrogen (secondary N) is 2. The minimum absolute atomic E-state index is 0.218. The van der Waals surface area contributed by atoms with Gasteiger partial charge in [0.25, 0.3) is 0 Å². The number of rotatable bonds is 6. The summed E-state index contributed by atoms with van der Waals surface area (Å²) in [5.74, 6) is 2.86. The van der Waals surface area contributed by atoms with E-state index in [0.717, 1.165) is 67.9 Å². The Balaban J connectivity index is 1.38. The Morgan fingerprint density at radius 3 is 2.71 bits per heavy atom. The largest absolute Gasteiger partial charge is 0.444 e. The van der Waals surface area contributed by atoms with Crippen molar-refractivity contribution in [3.05, 3.63) is 53.0 Å². The highest BCUT2D eigenvalue weighted by Gasteiger charge is 2.21. The Morgan fingerprint density at radius 1 is 1.29 bits per heavy atom. The molecule has 152 valence electrons. The summed E-state index contributed by atoms with van der Waals surface area (Å²) >= 11 is 0. The van der Waals surface area contributed by atoms with Crippen molar-refractivity contribution >= 4 is 5.96 Å². The summed E-state index contributed by atoms with van der Waals surface area (Å²) in [5.41, 5.74) is 1.87. The highest BCUT2D eigenvalue weighted by atomic mass is 19.1. The van der Waals surface area contributed by atoms with Gasteiger partial charge in [-0.3, -0.25) is 9.89 Å². The number of guanidine groups is 1. The molecule has 2 N–H and O–H groups in total. The zero-order valence-corrected chi connectivity index (χ0v) is 17.0. The van der Waals surface area contributed by atoms with Gasteiger partial charge in [-0.15, -0.1) is 0 Å². The highest BCUT2D eigenvalue weighted by Crippen LogP contribution is 2.19. The first-order chi connectivity index (χ1) is 13.5. The fourth-order valence-corrected chi connectivity index (χ4v) is 3.44. The van der Waals surface area contributed by atoms with E-state index in [-0.39, 0.29) is 5.82 Å². The van der Waals surface area contributed by atoms with Gasteiger partial charge in [0.2, 0.25) is 5.89 Å². The lowest BCUT2D eigenvalue weighted by atomic mass is 9.97. The normalized spacial score (nSPS) is 16.4. The molecule has 1 aromatic carbocycles. The Kier molecular flexibility index (Phi) is 7.03. The molecule has 1 aliphatic heterocycles. The molecule has 0 radical (unpaired) electrons. The second-order valence-electron chi connectivity index (χ2n) is 7.41. The molecule has 0 spiro atoms. The monoisotopic (exact) mass is 387 g/mol. The minimum Gasteiger partial charge on any atom is -0.444 e. The molecule has 0 amide bonds. The first-order valence-corrected chi connectivity index (χ1v) is 9.87. The Bertz CT molecular complexity index is 776. The zero-order valence-electron chi connectivity index (χ0n) is 17.0. The van der Waals surface area contributed by atoms with Crippen LogP contribution in [0.5, 0.6) is 0 Å². The fourth-order valence-electron chi connectivity index (χ4n) is 3.44. The van der Waals surface area contributed by atoms with Crippen LogP contribution in [-0.2, 0) is 13.1 Å². The van der Waals surface area contributed by atoms with Gasteiger partial charge < -0.3 is 15.1 Å². The van der Waals surface area contributed by atoms with Crippen molar-refractivity contribution in [3.63, 3.8) is 0 Å². The van der Waals surface area contributed by atoms with Crippen molar-refractivity contribution in [2.24, 2.45) is 10.9 Å². The summed E-state index contributed by atoms with van der Waals surface area (Å²) < 4.78 is 19.0. The number of hydrogen-bond acceptors (Lipinski definition) is 4. The second kappa shape index (κ2) is 9.68. The lowest BCUT2D eigenvalue weighted by Crippen LogP contribution is -2.42. The topological polar surface area (TPSA) is 65.7 Å². The third-order valence-electron chi connectivity index (χ3n) is 5.27. The van der Waals surface area contributed by atoms with E-state index in [2.05, 4.69) is 25.5 Å². The number of nitrogens with zero attached hydrogens (tertiary/aromatic N) is 3. The van der Waals surface area contributed by atoms with Crippen molar-refractivity contribution in [1.29, 1.82) is 0 Å². The van der Waals surface area contributed by atoms with Gasteiger partial charge in [-0.05, 0) is 63.4 Å². The number of piperidine rings is 1. The maximum Gasteiger partial charge on any atom is 0.208 e. The van der Waals surface area contributed by atoms with E-state index in [1.54, 1.807) is 13.1 Å². The Labute approximate surface area is 166 Å². The molecule has 0 bridgehead atoms. The molecule has 3 rings (SSSR count). The van der Waals surface area contributed by atoms with Crippen LogP contribution >= 0.6 is 0 Å². The van der Waals surface area contributed by atoms with Crippen LogP contribution in [0.1, 0.15) is 35.7 Å². The number of likely N-dealkylation sites (tertiary alicyclic amines) is 1. The van der Waals surface area contributed by atoms with Gasteiger partial charge in [-0.25, -0.2) is 9.37 Å². The predicted molar refractivity (Wildman–Crippen MR) is 109 cm³/mol. The third-order valence-corrected chi connectivity index (χ3v) is 5.27. The van der Waals surface area contributed by atoms with Crippen LogP contribution in [-0.4, -0.2) is 42.5 Å². The summed E-state index contributed by atoms with van der Waals surface area (Å²) in [4.78, 5) is 11.1. The molecule has 0 atom stereocenters. The summed E-state index contributed by atoms with van der Waals surface area (Å²) in [5, 5.41) is 6.64. The molecule has 6 nitrogen and oxygen atoms in total. The number of oxazole rings is 1. The second-order valence-corrected chi connectivity index (χ2v) is 7.41. The number of aryl methyl sites for hydroxylation is 2. The molecule has 28 heavy (non-hydrogen) atoms. The van der Waals surface area contributed by atoms with E-state index in [9.17, 15) is 4.39 Å². The molecular formula is C21H30FN5O. The molecule has 1 aromatic heterocycles. The number of halogens is 1. The van der Waals surface area contributed by atoms with Gasteiger partial charge in [0.1, 0.15) is 11.6 Å². The van der Waals surface area contributed by atoms with Crippen molar-refractivity contribution < 1.29 is 8.81 Å². The van der Waals surface area contributed by atoms with E-state index in [0.29, 0.717) is 12.5 Å². The summed E-state index contributed by atoms with van der Waals surface area (Å²) in [6, 6.07) is 6.60. The highest BCUT2D eigenvalue weighted by molar-refractivity contribution is 5.79. The van der Waals surface area contributed by atoms with Crippen LogP contribution in [0.2, 0.25) is 0 Å². The molecular weight excluding hydrogens is 357 g/mol. The standard InChI is InChI=1S/C21H30FN5O/c1-15-16(2)28-20(26-15)14-27-9-7-17(8-10-27)12-24-21(23-3)25-13-18-5-4-6-19(22)11-18/h4-6,11,17H,7-10,12-14H2,1-3H3,(H2,23,24,25). The minimum atomic E-state index is -0.218. The van der Waals surface area contributed by atoms with Crippen molar-refractivity contribution in [1.82, 2.24) is 20.5 Å². The quantitative estimate of drug-likeness (QED) is 0.589. The van der Waals surface area contributed by atoms with E-state index >= 15 is 0 Å². The molecule has 7 heteroatoms. The van der Waals surface area contributed by atoms with Crippen molar-refractivity contribution in [2.45, 2.75) is 39.8 Å². The molecule has 0 aliphatic carbocycles. The first kappa shape index (κ1) is 20.3. The summed E-state index contributed by atoms with van der Waals surface area (Å²) in [6.07, 6.45) is 2.26. The zero-order chi connectivity index (χ0) is 19.9. The van der Waals surface area contributed by atoms with Crippen molar-refractivity contribution in [3.8, 4) is 0 Å². The van der Waals surface area contributed by atoms with Crippen LogP contribution in [0.3, 0.4) is 0 Å². The molecule has 1 fully saturated rings. The summed E-state index contributed by atoms with van der Waals surface area (Å²) in [7, 11) is 1.75. The average Bonchev–Trinajstić information content (AvgIpc) is 3.00. The number of aromatic nitrogens is 1. The van der Waals surface area contributed by atoms with E-state index in [4.69, 9.17) is 4.42 Å². The van der Waals surface area contributed by atoms with Crippen molar-refractivity contribution in [2.75, 3.05) is 26.7 Å². The number of hydrogen-bond donors (Lipinski definition) is 2. The maximum atomic E-state index is 13.3. The lowest BCUT2D eigenvalue weighted by Gasteiger charge is -2.31.